The molecule has 2 aromatic rings. The lowest BCUT2D eigenvalue weighted by Crippen LogP contribution is -2.47. The molecule has 33 heavy (non-hydrogen) atoms. The van der Waals surface area contributed by atoms with E-state index in [0.29, 0.717) is 12.2 Å². The van der Waals surface area contributed by atoms with Crippen molar-refractivity contribution >= 4 is 21.8 Å². The number of rotatable bonds is 10. The molecule has 2 N–H and O–H groups in total. The maximum Gasteiger partial charge on any atom is 0.241 e. The zero-order valence-electron chi connectivity index (χ0n) is 17.8. The third-order valence-corrected chi connectivity index (χ3v) is 6.49. The Morgan fingerprint density at radius 3 is 2.27 bits per heavy atom. The summed E-state index contributed by atoms with van der Waals surface area (Å²) in [6, 6.07) is 9.83. The van der Waals surface area contributed by atoms with Gasteiger partial charge in [0.25, 0.3) is 0 Å². The van der Waals surface area contributed by atoms with E-state index in [4.69, 9.17) is 4.74 Å². The van der Waals surface area contributed by atoms with Crippen LogP contribution in [0.5, 0.6) is 0 Å². The van der Waals surface area contributed by atoms with Crippen LogP contribution in [0.2, 0.25) is 0 Å². The number of benzene rings is 2. The zero-order valence-corrected chi connectivity index (χ0v) is 18.6. The Morgan fingerprint density at radius 1 is 1.03 bits per heavy atom. The molecule has 1 saturated heterocycles. The number of hydrogen-bond donors (Lipinski definition) is 2. The van der Waals surface area contributed by atoms with Crippen molar-refractivity contribution in [3.63, 3.8) is 0 Å². The van der Waals surface area contributed by atoms with Crippen LogP contribution in [0.1, 0.15) is 18.4 Å². The molecule has 3 rings (SSSR count). The molecule has 2 aromatic carbocycles. The molecule has 178 valence electrons. The Morgan fingerprint density at radius 2 is 1.67 bits per heavy atom. The van der Waals surface area contributed by atoms with E-state index in [2.05, 4.69) is 10.0 Å². The van der Waals surface area contributed by atoms with Gasteiger partial charge in [-0.3, -0.25) is 9.59 Å². The molecule has 0 aliphatic carbocycles. The van der Waals surface area contributed by atoms with Crippen molar-refractivity contribution < 1.29 is 31.5 Å². The molecule has 11 heteroatoms. The highest BCUT2D eigenvalue weighted by molar-refractivity contribution is 7.89. The fourth-order valence-electron chi connectivity index (χ4n) is 3.29. The highest BCUT2D eigenvalue weighted by Gasteiger charge is 2.25. The van der Waals surface area contributed by atoms with Gasteiger partial charge in [0.2, 0.25) is 21.8 Å². The number of sulfonamides is 1. The highest BCUT2D eigenvalue weighted by atomic mass is 32.2. The summed E-state index contributed by atoms with van der Waals surface area (Å²) in [7, 11) is -4.04. The number of ether oxygens (including phenoxy) is 1. The molecule has 0 aromatic heterocycles. The number of carbonyl (C=O) groups is 2. The molecule has 0 bridgehead atoms. The maximum absolute atomic E-state index is 13.1. The largest absolute Gasteiger partial charge is 0.376 e. The predicted molar refractivity (Wildman–Crippen MR) is 115 cm³/mol. The van der Waals surface area contributed by atoms with E-state index < -0.39 is 34.2 Å². The molecule has 0 radical (unpaired) electrons. The standard InChI is InChI=1S/C22H25F2N3O5S/c23-17-5-3-16(4-6-17)12-25-21(28)15-27(14-19-2-1-11-32-19)22(29)13-26-33(30,31)20-9-7-18(24)8-10-20/h3-10,19,26H,1-2,11-15H2,(H,25,28). The van der Waals surface area contributed by atoms with Gasteiger partial charge < -0.3 is 15.0 Å². The first-order valence-electron chi connectivity index (χ1n) is 10.4. The van der Waals surface area contributed by atoms with E-state index in [1.54, 1.807) is 0 Å². The lowest BCUT2D eigenvalue weighted by molar-refractivity contribution is -0.136. The quantitative estimate of drug-likeness (QED) is 0.536. The fraction of sp³-hybridized carbons (Fsp3) is 0.364. The third-order valence-electron chi connectivity index (χ3n) is 5.08. The van der Waals surface area contributed by atoms with Gasteiger partial charge in [0.15, 0.2) is 0 Å². The third kappa shape index (κ3) is 7.58. The Kier molecular flexibility index (Phi) is 8.48. The summed E-state index contributed by atoms with van der Waals surface area (Å²) in [5.74, 6) is -2.03. The van der Waals surface area contributed by atoms with Gasteiger partial charge in [-0.2, -0.15) is 0 Å². The second-order valence-electron chi connectivity index (χ2n) is 7.59. The van der Waals surface area contributed by atoms with Gasteiger partial charge in [0.05, 0.1) is 24.1 Å². The van der Waals surface area contributed by atoms with Crippen molar-refractivity contribution in [3.05, 3.63) is 65.7 Å². The number of nitrogens with one attached hydrogen (secondary N) is 2. The molecule has 1 unspecified atom stereocenters. The Hall–Kier alpha value is -2.89. The van der Waals surface area contributed by atoms with Crippen LogP contribution in [-0.2, 0) is 30.9 Å². The molecular weight excluding hydrogens is 456 g/mol. The van der Waals surface area contributed by atoms with Crippen molar-refractivity contribution in [2.24, 2.45) is 0 Å². The summed E-state index contributed by atoms with van der Waals surface area (Å²) in [6.45, 7) is -0.0180. The maximum atomic E-state index is 13.1. The van der Waals surface area contributed by atoms with Crippen LogP contribution in [0.15, 0.2) is 53.4 Å². The number of amides is 2. The molecular formula is C22H25F2N3O5S. The van der Waals surface area contributed by atoms with Gasteiger partial charge in [-0.25, -0.2) is 21.9 Å². The lowest BCUT2D eigenvalue weighted by atomic mass is 10.2. The van der Waals surface area contributed by atoms with Crippen molar-refractivity contribution in [2.75, 3.05) is 26.2 Å². The van der Waals surface area contributed by atoms with Crippen LogP contribution < -0.4 is 10.0 Å². The monoisotopic (exact) mass is 481 g/mol. The summed E-state index contributed by atoms with van der Waals surface area (Å²) < 4.78 is 58.6. The smallest absolute Gasteiger partial charge is 0.241 e. The summed E-state index contributed by atoms with van der Waals surface area (Å²) >= 11 is 0. The van der Waals surface area contributed by atoms with Crippen LogP contribution in [0, 0.1) is 11.6 Å². The lowest BCUT2D eigenvalue weighted by Gasteiger charge is -2.25. The Balaban J connectivity index is 1.59. The van der Waals surface area contributed by atoms with Crippen molar-refractivity contribution in [2.45, 2.75) is 30.4 Å². The minimum Gasteiger partial charge on any atom is -0.376 e. The first-order valence-corrected chi connectivity index (χ1v) is 11.9. The van der Waals surface area contributed by atoms with E-state index in [9.17, 15) is 26.8 Å². The first-order chi connectivity index (χ1) is 15.7. The molecule has 0 saturated carbocycles. The summed E-state index contributed by atoms with van der Waals surface area (Å²) in [5, 5.41) is 2.66. The second-order valence-corrected chi connectivity index (χ2v) is 9.36. The van der Waals surface area contributed by atoms with Gasteiger partial charge in [0, 0.05) is 19.7 Å². The topological polar surface area (TPSA) is 105 Å². The number of hydrogen-bond acceptors (Lipinski definition) is 5. The van der Waals surface area contributed by atoms with Crippen LogP contribution in [0.3, 0.4) is 0 Å². The molecule has 8 nitrogen and oxygen atoms in total. The Bertz CT molecular complexity index is 1060. The van der Waals surface area contributed by atoms with E-state index in [1.165, 1.54) is 29.2 Å². The molecule has 1 atom stereocenters. The normalized spacial score (nSPS) is 15.9. The van der Waals surface area contributed by atoms with Crippen molar-refractivity contribution in [3.8, 4) is 0 Å². The van der Waals surface area contributed by atoms with Crippen molar-refractivity contribution in [1.29, 1.82) is 0 Å². The number of carbonyl (C=O) groups excluding carboxylic acids is 2. The fourth-order valence-corrected chi connectivity index (χ4v) is 4.26. The minimum absolute atomic E-state index is 0.140. The number of nitrogens with zero attached hydrogens (tertiary/aromatic N) is 1. The molecule has 1 aliphatic rings. The molecule has 1 fully saturated rings. The van der Waals surface area contributed by atoms with Gasteiger partial charge in [0.1, 0.15) is 11.6 Å². The van der Waals surface area contributed by atoms with Gasteiger partial charge in [-0.1, -0.05) is 12.1 Å². The van der Waals surface area contributed by atoms with E-state index >= 15 is 0 Å². The van der Waals surface area contributed by atoms with Gasteiger partial charge >= 0.3 is 0 Å². The summed E-state index contributed by atoms with van der Waals surface area (Å²) in [4.78, 5) is 26.3. The molecule has 1 aliphatic heterocycles. The van der Waals surface area contributed by atoms with Crippen molar-refractivity contribution in [1.82, 2.24) is 14.9 Å². The minimum atomic E-state index is -4.04. The van der Waals surface area contributed by atoms with Crippen LogP contribution in [0.25, 0.3) is 0 Å². The average molecular weight is 482 g/mol. The first kappa shape index (κ1) is 24.7. The highest BCUT2D eigenvalue weighted by Crippen LogP contribution is 2.14. The van der Waals surface area contributed by atoms with E-state index in [-0.39, 0.29) is 36.5 Å². The summed E-state index contributed by atoms with van der Waals surface area (Å²) in [5.41, 5.74) is 0.689. The number of halogens is 2. The van der Waals surface area contributed by atoms with E-state index in [0.717, 1.165) is 37.1 Å². The second kappa shape index (κ2) is 11.3. The molecule has 0 spiro atoms. The zero-order chi connectivity index (χ0) is 23.8. The van der Waals surface area contributed by atoms with Crippen LogP contribution in [0.4, 0.5) is 8.78 Å². The Labute approximate surface area is 191 Å². The van der Waals surface area contributed by atoms with E-state index in [1.807, 2.05) is 0 Å². The predicted octanol–water partition coefficient (Wildman–Crippen LogP) is 1.57. The average Bonchev–Trinajstić information content (AvgIpc) is 3.30. The van der Waals surface area contributed by atoms with Crippen LogP contribution >= 0.6 is 0 Å². The van der Waals surface area contributed by atoms with Gasteiger partial charge in [-0.15, -0.1) is 0 Å². The van der Waals surface area contributed by atoms with Gasteiger partial charge in [-0.05, 0) is 54.8 Å². The summed E-state index contributed by atoms with van der Waals surface area (Å²) in [6.07, 6.45) is 1.32. The SMILES string of the molecule is O=C(CN(CC1CCCO1)C(=O)CNS(=O)(=O)c1ccc(F)cc1)NCc1ccc(F)cc1. The molecule has 1 heterocycles. The molecule has 2 amide bonds. The van der Waals surface area contributed by atoms with Crippen LogP contribution in [-0.4, -0.2) is 57.5 Å².